The number of rotatable bonds is 3. The minimum Gasteiger partial charge on any atom is -0.442 e. The molecule has 0 aliphatic heterocycles. The Labute approximate surface area is 108 Å². The molecule has 0 unspecified atom stereocenters. The topological polar surface area (TPSA) is 64.7 Å². The van der Waals surface area contributed by atoms with Crippen LogP contribution in [0, 0.1) is 0 Å². The van der Waals surface area contributed by atoms with E-state index in [-0.39, 0.29) is 0 Å². The molecule has 4 heteroatoms. The van der Waals surface area contributed by atoms with Crippen molar-refractivity contribution < 1.29 is 9.53 Å². The van der Waals surface area contributed by atoms with Crippen LogP contribution in [0.4, 0.5) is 4.79 Å². The number of carbonyl (C=O) groups excluding carboxylic acids is 1. The standard InChI is InChI=1S/C14H20N2O2/c1-14(2,3)18-13(17)16-12(15)10-9-11-7-5-4-6-8-11/h4-8H,9-10H2,1-3H3,(H2,15,16,17). The van der Waals surface area contributed by atoms with Crippen LogP contribution >= 0.6 is 0 Å². The maximum absolute atomic E-state index is 11.4. The molecule has 0 aromatic heterocycles. The van der Waals surface area contributed by atoms with Crippen molar-refractivity contribution in [3.8, 4) is 0 Å². The first-order valence-electron chi connectivity index (χ1n) is 5.97. The van der Waals surface area contributed by atoms with E-state index < -0.39 is 11.7 Å². The quantitative estimate of drug-likeness (QED) is 0.660. The molecular weight excluding hydrogens is 228 g/mol. The van der Waals surface area contributed by atoms with E-state index in [0.29, 0.717) is 12.3 Å². The molecule has 4 nitrogen and oxygen atoms in total. The Morgan fingerprint density at radius 1 is 1.28 bits per heavy atom. The highest BCUT2D eigenvalue weighted by molar-refractivity contribution is 5.90. The monoisotopic (exact) mass is 248 g/mol. The van der Waals surface area contributed by atoms with Gasteiger partial charge in [-0.05, 0) is 32.8 Å². The molecule has 0 fully saturated rings. The van der Waals surface area contributed by atoms with Gasteiger partial charge in [-0.2, -0.15) is 4.99 Å². The minimum absolute atomic E-state index is 0.299. The number of ether oxygens (including phenoxy) is 1. The highest BCUT2D eigenvalue weighted by atomic mass is 16.6. The second kappa shape index (κ2) is 6.19. The van der Waals surface area contributed by atoms with Crippen LogP contribution in [0.15, 0.2) is 35.3 Å². The van der Waals surface area contributed by atoms with E-state index in [0.717, 1.165) is 6.42 Å². The van der Waals surface area contributed by atoms with Gasteiger partial charge < -0.3 is 10.5 Å². The average Bonchev–Trinajstić information content (AvgIpc) is 2.25. The number of aryl methyl sites for hydroxylation is 1. The average molecular weight is 248 g/mol. The summed E-state index contributed by atoms with van der Waals surface area (Å²) in [7, 11) is 0. The molecule has 1 rings (SSSR count). The lowest BCUT2D eigenvalue weighted by Gasteiger charge is -2.17. The summed E-state index contributed by atoms with van der Waals surface area (Å²) in [4.78, 5) is 15.1. The van der Waals surface area contributed by atoms with Crippen LogP contribution in [-0.2, 0) is 11.2 Å². The predicted molar refractivity (Wildman–Crippen MR) is 72.6 cm³/mol. The maximum atomic E-state index is 11.4. The van der Waals surface area contributed by atoms with Crippen LogP contribution < -0.4 is 5.73 Å². The molecule has 2 N–H and O–H groups in total. The number of aliphatic imine (C=N–C) groups is 1. The molecule has 0 heterocycles. The van der Waals surface area contributed by atoms with Gasteiger partial charge in [-0.15, -0.1) is 0 Å². The number of benzene rings is 1. The summed E-state index contributed by atoms with van der Waals surface area (Å²) in [6.45, 7) is 5.38. The molecule has 0 radical (unpaired) electrons. The fourth-order valence-electron chi connectivity index (χ4n) is 1.37. The summed E-state index contributed by atoms with van der Waals surface area (Å²) in [5.41, 5.74) is 6.32. The summed E-state index contributed by atoms with van der Waals surface area (Å²) >= 11 is 0. The second-order valence-corrected chi connectivity index (χ2v) is 5.07. The summed E-state index contributed by atoms with van der Waals surface area (Å²) in [5, 5.41) is 0. The van der Waals surface area contributed by atoms with Crippen LogP contribution in [0.2, 0.25) is 0 Å². The molecule has 1 aromatic rings. The van der Waals surface area contributed by atoms with Crippen molar-refractivity contribution in [2.45, 2.75) is 39.2 Å². The summed E-state index contributed by atoms with van der Waals surface area (Å²) < 4.78 is 5.05. The Morgan fingerprint density at radius 3 is 2.44 bits per heavy atom. The van der Waals surface area contributed by atoms with Gasteiger partial charge in [0.25, 0.3) is 0 Å². The zero-order valence-electron chi connectivity index (χ0n) is 11.1. The molecule has 0 saturated carbocycles. The van der Waals surface area contributed by atoms with E-state index in [2.05, 4.69) is 4.99 Å². The zero-order chi connectivity index (χ0) is 13.6. The third-order valence-corrected chi connectivity index (χ3v) is 2.14. The van der Waals surface area contributed by atoms with E-state index >= 15 is 0 Å². The van der Waals surface area contributed by atoms with Gasteiger partial charge in [0, 0.05) is 6.42 Å². The fraction of sp³-hybridized carbons (Fsp3) is 0.429. The second-order valence-electron chi connectivity index (χ2n) is 5.07. The molecule has 0 saturated heterocycles. The largest absolute Gasteiger partial charge is 0.442 e. The SMILES string of the molecule is CC(C)(C)OC(=O)/N=C(\N)CCc1ccccc1. The Balaban J connectivity index is 2.45. The highest BCUT2D eigenvalue weighted by Gasteiger charge is 2.15. The van der Waals surface area contributed by atoms with E-state index in [9.17, 15) is 4.79 Å². The lowest BCUT2D eigenvalue weighted by atomic mass is 10.1. The molecule has 0 spiro atoms. The van der Waals surface area contributed by atoms with Crippen LogP contribution in [-0.4, -0.2) is 17.5 Å². The van der Waals surface area contributed by atoms with Crippen molar-refractivity contribution in [1.29, 1.82) is 0 Å². The van der Waals surface area contributed by atoms with Crippen molar-refractivity contribution in [1.82, 2.24) is 0 Å². The number of amides is 1. The fourth-order valence-corrected chi connectivity index (χ4v) is 1.37. The molecule has 18 heavy (non-hydrogen) atoms. The molecule has 0 aliphatic rings. The Bertz CT molecular complexity index is 419. The van der Waals surface area contributed by atoms with Crippen LogP contribution in [0.25, 0.3) is 0 Å². The minimum atomic E-state index is -0.631. The normalized spacial score (nSPS) is 12.3. The van der Waals surface area contributed by atoms with Crippen LogP contribution in [0.3, 0.4) is 0 Å². The van der Waals surface area contributed by atoms with Crippen molar-refractivity contribution in [2.75, 3.05) is 0 Å². The number of nitrogens with zero attached hydrogens (tertiary/aromatic N) is 1. The molecule has 0 aliphatic carbocycles. The van der Waals surface area contributed by atoms with Gasteiger partial charge in [0.1, 0.15) is 11.4 Å². The van der Waals surface area contributed by atoms with E-state index in [1.54, 1.807) is 20.8 Å². The lowest BCUT2D eigenvalue weighted by molar-refractivity contribution is 0.0604. The van der Waals surface area contributed by atoms with Gasteiger partial charge >= 0.3 is 6.09 Å². The molecule has 1 amide bonds. The molecule has 0 atom stereocenters. The molecular formula is C14H20N2O2. The van der Waals surface area contributed by atoms with Crippen molar-refractivity contribution in [3.63, 3.8) is 0 Å². The van der Waals surface area contributed by atoms with Crippen LogP contribution in [0.5, 0.6) is 0 Å². The third-order valence-electron chi connectivity index (χ3n) is 2.14. The van der Waals surface area contributed by atoms with Crippen molar-refractivity contribution in [2.24, 2.45) is 10.7 Å². The number of nitrogens with two attached hydrogens (primary N) is 1. The first-order valence-corrected chi connectivity index (χ1v) is 5.97. The molecule has 1 aromatic carbocycles. The number of amidine groups is 1. The molecule has 98 valence electrons. The number of carbonyl (C=O) groups is 1. The van der Waals surface area contributed by atoms with Crippen molar-refractivity contribution in [3.05, 3.63) is 35.9 Å². The van der Waals surface area contributed by atoms with Crippen LogP contribution in [0.1, 0.15) is 32.8 Å². The number of hydrogen-bond acceptors (Lipinski definition) is 2. The summed E-state index contributed by atoms with van der Waals surface area (Å²) in [6.07, 6.45) is 0.676. The van der Waals surface area contributed by atoms with Gasteiger partial charge in [0.15, 0.2) is 0 Å². The zero-order valence-corrected chi connectivity index (χ0v) is 11.1. The van der Waals surface area contributed by atoms with Gasteiger partial charge in [0.05, 0.1) is 0 Å². The summed E-state index contributed by atoms with van der Waals surface area (Å²) in [6, 6.07) is 9.93. The van der Waals surface area contributed by atoms with E-state index in [4.69, 9.17) is 10.5 Å². The Kier molecular flexibility index (Phi) is 4.89. The maximum Gasteiger partial charge on any atom is 0.435 e. The smallest absolute Gasteiger partial charge is 0.435 e. The number of hydrogen-bond donors (Lipinski definition) is 1. The first kappa shape index (κ1) is 14.2. The Hall–Kier alpha value is -1.84. The van der Waals surface area contributed by atoms with Gasteiger partial charge in [-0.3, -0.25) is 0 Å². The Morgan fingerprint density at radius 2 is 1.89 bits per heavy atom. The summed E-state index contributed by atoms with van der Waals surface area (Å²) in [5.74, 6) is 0.299. The van der Waals surface area contributed by atoms with Gasteiger partial charge in [-0.25, -0.2) is 4.79 Å². The van der Waals surface area contributed by atoms with E-state index in [1.807, 2.05) is 30.3 Å². The van der Waals surface area contributed by atoms with Gasteiger partial charge in [0.2, 0.25) is 0 Å². The molecule has 0 bridgehead atoms. The van der Waals surface area contributed by atoms with E-state index in [1.165, 1.54) is 5.56 Å². The predicted octanol–water partition coefficient (Wildman–Crippen LogP) is 2.91. The first-order chi connectivity index (χ1) is 8.37. The third kappa shape index (κ3) is 6.03. The lowest BCUT2D eigenvalue weighted by Crippen LogP contribution is -2.24. The van der Waals surface area contributed by atoms with Gasteiger partial charge in [-0.1, -0.05) is 30.3 Å². The van der Waals surface area contributed by atoms with Crippen molar-refractivity contribution >= 4 is 11.9 Å². The highest BCUT2D eigenvalue weighted by Crippen LogP contribution is 2.08.